The Morgan fingerprint density at radius 3 is 2.84 bits per heavy atom. The largest absolute Gasteiger partial charge is 0.395 e. The lowest BCUT2D eigenvalue weighted by molar-refractivity contribution is 0.0768. The number of fused-ring (bicyclic) bond motifs is 1. The molecule has 0 unspecified atom stereocenters. The van der Waals surface area contributed by atoms with Crippen molar-refractivity contribution in [2.24, 2.45) is 0 Å². The number of aliphatic hydroxyl groups excluding tert-OH is 1. The Labute approximate surface area is 110 Å². The van der Waals surface area contributed by atoms with Crippen LogP contribution in [0.1, 0.15) is 16.1 Å². The number of hydrogen-bond acceptors (Lipinski definition) is 3. The van der Waals surface area contributed by atoms with Crippen molar-refractivity contribution in [3.63, 3.8) is 0 Å². The molecule has 0 aliphatic carbocycles. The molecular weight excluding hydrogens is 247 g/mol. The van der Waals surface area contributed by atoms with Crippen LogP contribution in [-0.2, 0) is 0 Å². The Bertz CT molecular complexity index is 623. The molecule has 0 fully saturated rings. The molecule has 1 aromatic carbocycles. The van der Waals surface area contributed by atoms with Gasteiger partial charge in [0.2, 0.25) is 0 Å². The van der Waals surface area contributed by atoms with Gasteiger partial charge in [-0.15, -0.1) is 0 Å². The molecule has 0 atom stereocenters. The standard InChI is InChI=1S/C14H15FN2O2/c1-9-7-12(14(19)17(2)5-6-18)11-4-3-10(15)8-13(11)16-9/h3-4,7-8,18H,5-6H2,1-2H3. The summed E-state index contributed by atoms with van der Waals surface area (Å²) in [5.74, 6) is -0.594. The van der Waals surface area contributed by atoms with E-state index < -0.39 is 0 Å². The fourth-order valence-corrected chi connectivity index (χ4v) is 1.97. The van der Waals surface area contributed by atoms with Crippen molar-refractivity contribution in [3.8, 4) is 0 Å². The van der Waals surface area contributed by atoms with Crippen LogP contribution in [0.15, 0.2) is 24.3 Å². The summed E-state index contributed by atoms with van der Waals surface area (Å²) in [6.07, 6.45) is 0. The Kier molecular flexibility index (Phi) is 3.76. The lowest BCUT2D eigenvalue weighted by Gasteiger charge is -2.17. The van der Waals surface area contributed by atoms with Crippen LogP contribution in [0.4, 0.5) is 4.39 Å². The normalized spacial score (nSPS) is 10.7. The van der Waals surface area contributed by atoms with Crippen LogP contribution in [0.25, 0.3) is 10.9 Å². The number of likely N-dealkylation sites (N-methyl/N-ethyl adjacent to an activating group) is 1. The summed E-state index contributed by atoms with van der Waals surface area (Å²) < 4.78 is 13.2. The maximum absolute atomic E-state index is 13.2. The van der Waals surface area contributed by atoms with E-state index in [9.17, 15) is 9.18 Å². The topological polar surface area (TPSA) is 53.4 Å². The van der Waals surface area contributed by atoms with Gasteiger partial charge in [0.1, 0.15) is 5.82 Å². The number of carbonyl (C=O) groups excluding carboxylic acids is 1. The van der Waals surface area contributed by atoms with E-state index in [-0.39, 0.29) is 24.9 Å². The van der Waals surface area contributed by atoms with Crippen LogP contribution >= 0.6 is 0 Å². The summed E-state index contributed by atoms with van der Waals surface area (Å²) in [7, 11) is 1.61. The molecule has 0 aliphatic heterocycles. The maximum Gasteiger partial charge on any atom is 0.254 e. The fraction of sp³-hybridized carbons (Fsp3) is 0.286. The molecule has 2 aromatic rings. The lowest BCUT2D eigenvalue weighted by atomic mass is 10.1. The van der Waals surface area contributed by atoms with E-state index in [4.69, 9.17) is 5.11 Å². The van der Waals surface area contributed by atoms with Gasteiger partial charge in [-0.25, -0.2) is 4.39 Å². The Hall–Kier alpha value is -2.01. The quantitative estimate of drug-likeness (QED) is 0.916. The molecule has 0 bridgehead atoms. The van der Waals surface area contributed by atoms with Gasteiger partial charge >= 0.3 is 0 Å². The van der Waals surface area contributed by atoms with Crippen LogP contribution in [0.2, 0.25) is 0 Å². The highest BCUT2D eigenvalue weighted by atomic mass is 19.1. The van der Waals surface area contributed by atoms with E-state index in [1.807, 2.05) is 0 Å². The number of halogens is 1. The van der Waals surface area contributed by atoms with Gasteiger partial charge in [0.15, 0.2) is 0 Å². The third-order valence-electron chi connectivity index (χ3n) is 2.91. The van der Waals surface area contributed by atoms with E-state index in [0.29, 0.717) is 22.2 Å². The second-order valence-corrected chi connectivity index (χ2v) is 4.42. The van der Waals surface area contributed by atoms with E-state index in [0.717, 1.165) is 0 Å². The van der Waals surface area contributed by atoms with E-state index in [1.165, 1.54) is 17.0 Å². The molecular formula is C14H15FN2O2. The van der Waals surface area contributed by atoms with Crippen molar-refractivity contribution in [1.29, 1.82) is 0 Å². The number of aromatic nitrogens is 1. The first-order valence-corrected chi connectivity index (χ1v) is 5.96. The minimum atomic E-state index is -0.382. The van der Waals surface area contributed by atoms with Gasteiger partial charge in [0.25, 0.3) is 5.91 Å². The third kappa shape index (κ3) is 2.71. The minimum Gasteiger partial charge on any atom is -0.395 e. The number of benzene rings is 1. The molecule has 19 heavy (non-hydrogen) atoms. The molecule has 0 spiro atoms. The molecule has 1 heterocycles. The van der Waals surface area contributed by atoms with Crippen molar-refractivity contribution in [2.75, 3.05) is 20.2 Å². The number of carbonyl (C=O) groups is 1. The number of amides is 1. The Morgan fingerprint density at radius 1 is 1.42 bits per heavy atom. The average molecular weight is 262 g/mol. The van der Waals surface area contributed by atoms with E-state index in [1.54, 1.807) is 26.1 Å². The molecule has 2 rings (SSSR count). The van der Waals surface area contributed by atoms with Crippen molar-refractivity contribution in [1.82, 2.24) is 9.88 Å². The Balaban J connectivity index is 2.56. The van der Waals surface area contributed by atoms with Crippen molar-refractivity contribution in [2.45, 2.75) is 6.92 Å². The average Bonchev–Trinajstić information content (AvgIpc) is 2.36. The predicted molar refractivity (Wildman–Crippen MR) is 70.5 cm³/mol. The molecule has 1 N–H and O–H groups in total. The molecule has 1 amide bonds. The highest BCUT2D eigenvalue weighted by Crippen LogP contribution is 2.20. The number of aliphatic hydroxyl groups is 1. The molecule has 0 saturated heterocycles. The summed E-state index contributed by atoms with van der Waals surface area (Å²) in [5, 5.41) is 9.49. The summed E-state index contributed by atoms with van der Waals surface area (Å²) >= 11 is 0. The van der Waals surface area contributed by atoms with Gasteiger partial charge in [-0.2, -0.15) is 0 Å². The monoisotopic (exact) mass is 262 g/mol. The van der Waals surface area contributed by atoms with Crippen LogP contribution in [0.3, 0.4) is 0 Å². The van der Waals surface area contributed by atoms with E-state index >= 15 is 0 Å². The van der Waals surface area contributed by atoms with Crippen LogP contribution in [0, 0.1) is 12.7 Å². The number of hydrogen-bond donors (Lipinski definition) is 1. The highest BCUT2D eigenvalue weighted by Gasteiger charge is 2.16. The van der Waals surface area contributed by atoms with Gasteiger partial charge in [-0.3, -0.25) is 9.78 Å². The summed E-state index contributed by atoms with van der Waals surface area (Å²) in [6, 6.07) is 5.85. The second-order valence-electron chi connectivity index (χ2n) is 4.42. The van der Waals surface area contributed by atoms with Gasteiger partial charge in [0, 0.05) is 30.7 Å². The molecule has 4 nitrogen and oxygen atoms in total. The molecule has 0 saturated carbocycles. The SMILES string of the molecule is Cc1cc(C(=O)N(C)CCO)c2ccc(F)cc2n1. The van der Waals surface area contributed by atoms with Crippen molar-refractivity contribution >= 4 is 16.8 Å². The smallest absolute Gasteiger partial charge is 0.254 e. The van der Waals surface area contributed by atoms with Crippen LogP contribution in [-0.4, -0.2) is 41.1 Å². The zero-order valence-electron chi connectivity index (χ0n) is 10.9. The zero-order chi connectivity index (χ0) is 14.0. The van der Waals surface area contributed by atoms with Gasteiger partial charge < -0.3 is 10.0 Å². The lowest BCUT2D eigenvalue weighted by Crippen LogP contribution is -2.29. The number of rotatable bonds is 3. The van der Waals surface area contributed by atoms with Crippen molar-refractivity contribution < 1.29 is 14.3 Å². The van der Waals surface area contributed by atoms with Gasteiger partial charge in [-0.05, 0) is 25.1 Å². The van der Waals surface area contributed by atoms with E-state index in [2.05, 4.69) is 4.98 Å². The molecule has 1 aromatic heterocycles. The van der Waals surface area contributed by atoms with Crippen LogP contribution in [0.5, 0.6) is 0 Å². The fourth-order valence-electron chi connectivity index (χ4n) is 1.97. The molecule has 0 radical (unpaired) electrons. The number of nitrogens with zero attached hydrogens (tertiary/aromatic N) is 2. The molecule has 0 aliphatic rings. The highest BCUT2D eigenvalue weighted by molar-refractivity contribution is 6.06. The van der Waals surface area contributed by atoms with Gasteiger partial charge in [0.05, 0.1) is 17.7 Å². The second kappa shape index (κ2) is 5.32. The minimum absolute atomic E-state index is 0.0983. The summed E-state index contributed by atoms with van der Waals surface area (Å²) in [6.45, 7) is 1.91. The first-order valence-electron chi connectivity index (χ1n) is 5.96. The summed E-state index contributed by atoms with van der Waals surface area (Å²) in [4.78, 5) is 17.9. The van der Waals surface area contributed by atoms with Crippen molar-refractivity contribution in [3.05, 3.63) is 41.3 Å². The summed E-state index contributed by atoms with van der Waals surface area (Å²) in [5.41, 5.74) is 1.58. The predicted octanol–water partition coefficient (Wildman–Crippen LogP) is 1.75. The maximum atomic E-state index is 13.2. The first-order chi connectivity index (χ1) is 9.02. The zero-order valence-corrected chi connectivity index (χ0v) is 10.9. The van der Waals surface area contributed by atoms with Gasteiger partial charge in [-0.1, -0.05) is 0 Å². The number of pyridine rings is 1. The third-order valence-corrected chi connectivity index (χ3v) is 2.91. The molecule has 100 valence electrons. The first kappa shape index (κ1) is 13.4. The number of aryl methyl sites for hydroxylation is 1. The van der Waals surface area contributed by atoms with Crippen LogP contribution < -0.4 is 0 Å². The Morgan fingerprint density at radius 2 is 2.16 bits per heavy atom. The molecule has 5 heteroatoms.